The van der Waals surface area contributed by atoms with Crippen LogP contribution in [0.3, 0.4) is 0 Å². The number of piperidine rings is 1. The second kappa shape index (κ2) is 9.58. The second-order valence-electron chi connectivity index (χ2n) is 9.04. The van der Waals surface area contributed by atoms with Gasteiger partial charge in [0, 0.05) is 42.1 Å². The third-order valence-corrected chi connectivity index (χ3v) is 6.51. The van der Waals surface area contributed by atoms with Crippen LogP contribution in [0.4, 0.5) is 17.2 Å². The molecule has 2 aromatic carbocycles. The third kappa shape index (κ3) is 4.87. The van der Waals surface area contributed by atoms with Gasteiger partial charge in [0.1, 0.15) is 17.8 Å². The maximum atomic E-state index is 13.0. The lowest BCUT2D eigenvalue weighted by atomic mass is 9.95. The largest absolute Gasteiger partial charge is 0.356 e. The SMILES string of the molecule is Cc1ccc(NC(=O)c2cccc(NC(=O)C3CCN(c4ncnc5[nH]cc(C)c45)CC3)c2)cc1. The minimum Gasteiger partial charge on any atom is -0.356 e. The van der Waals surface area contributed by atoms with Crippen LogP contribution in [0.5, 0.6) is 0 Å². The molecule has 1 aliphatic heterocycles. The zero-order valence-electron chi connectivity index (χ0n) is 19.8. The molecule has 1 aliphatic rings. The molecule has 0 spiro atoms. The molecule has 1 fully saturated rings. The van der Waals surface area contributed by atoms with E-state index < -0.39 is 0 Å². The van der Waals surface area contributed by atoms with Crippen LogP contribution in [0.1, 0.15) is 34.3 Å². The van der Waals surface area contributed by atoms with Crippen LogP contribution in [0, 0.1) is 19.8 Å². The first-order chi connectivity index (χ1) is 17.0. The van der Waals surface area contributed by atoms with E-state index in [1.54, 1.807) is 24.5 Å². The number of aryl methyl sites for hydroxylation is 2. The van der Waals surface area contributed by atoms with Gasteiger partial charge in [-0.15, -0.1) is 0 Å². The van der Waals surface area contributed by atoms with Crippen molar-refractivity contribution >= 4 is 40.0 Å². The lowest BCUT2D eigenvalue weighted by Crippen LogP contribution is -2.38. The van der Waals surface area contributed by atoms with Gasteiger partial charge in [0.05, 0.1) is 5.39 Å². The molecule has 2 amide bonds. The molecular formula is C27H28N6O2. The van der Waals surface area contributed by atoms with Gasteiger partial charge >= 0.3 is 0 Å². The Balaban J connectivity index is 1.20. The summed E-state index contributed by atoms with van der Waals surface area (Å²) in [7, 11) is 0. The van der Waals surface area contributed by atoms with Gasteiger partial charge < -0.3 is 20.5 Å². The Morgan fingerprint density at radius 1 is 0.971 bits per heavy atom. The average molecular weight is 469 g/mol. The van der Waals surface area contributed by atoms with Crippen LogP contribution in [0.15, 0.2) is 61.1 Å². The van der Waals surface area contributed by atoms with Crippen molar-refractivity contribution in [2.45, 2.75) is 26.7 Å². The summed E-state index contributed by atoms with van der Waals surface area (Å²) >= 11 is 0. The van der Waals surface area contributed by atoms with Crippen molar-refractivity contribution in [3.63, 3.8) is 0 Å². The van der Waals surface area contributed by atoms with Crippen LogP contribution in [0.2, 0.25) is 0 Å². The summed E-state index contributed by atoms with van der Waals surface area (Å²) < 4.78 is 0. The van der Waals surface area contributed by atoms with E-state index in [4.69, 9.17) is 0 Å². The maximum Gasteiger partial charge on any atom is 0.255 e. The number of rotatable bonds is 5. The van der Waals surface area contributed by atoms with Gasteiger partial charge in [-0.05, 0) is 62.6 Å². The van der Waals surface area contributed by atoms with E-state index in [1.165, 1.54) is 0 Å². The monoisotopic (exact) mass is 468 g/mol. The Bertz CT molecular complexity index is 1370. The number of aromatic nitrogens is 3. The molecule has 0 radical (unpaired) electrons. The van der Waals surface area contributed by atoms with Crippen molar-refractivity contribution < 1.29 is 9.59 Å². The van der Waals surface area contributed by atoms with Crippen molar-refractivity contribution in [3.05, 3.63) is 77.7 Å². The topological polar surface area (TPSA) is 103 Å². The number of H-pyrrole nitrogens is 1. The summed E-state index contributed by atoms with van der Waals surface area (Å²) in [6, 6.07) is 14.7. The van der Waals surface area contributed by atoms with Crippen molar-refractivity contribution in [1.29, 1.82) is 0 Å². The molecule has 0 aliphatic carbocycles. The summed E-state index contributed by atoms with van der Waals surface area (Å²) in [5, 5.41) is 6.93. The number of carbonyl (C=O) groups is 2. The predicted molar refractivity (Wildman–Crippen MR) is 138 cm³/mol. The molecule has 4 aromatic rings. The minimum absolute atomic E-state index is 0.0218. The van der Waals surface area contributed by atoms with E-state index in [2.05, 4.69) is 30.5 Å². The zero-order chi connectivity index (χ0) is 24.4. The molecule has 5 rings (SSSR count). The molecule has 0 atom stereocenters. The number of amides is 2. The first-order valence-electron chi connectivity index (χ1n) is 11.8. The van der Waals surface area contributed by atoms with E-state index in [1.807, 2.05) is 50.4 Å². The molecular weight excluding hydrogens is 440 g/mol. The molecule has 0 saturated carbocycles. The molecule has 0 bridgehead atoms. The van der Waals surface area contributed by atoms with E-state index in [0.29, 0.717) is 11.3 Å². The van der Waals surface area contributed by atoms with E-state index in [9.17, 15) is 9.59 Å². The van der Waals surface area contributed by atoms with Gasteiger partial charge in [0.2, 0.25) is 5.91 Å². The van der Waals surface area contributed by atoms with Crippen molar-refractivity contribution in [2.24, 2.45) is 5.92 Å². The number of carbonyl (C=O) groups excluding carboxylic acids is 2. The molecule has 8 nitrogen and oxygen atoms in total. The first kappa shape index (κ1) is 22.6. The number of nitrogens with zero attached hydrogens (tertiary/aromatic N) is 3. The van der Waals surface area contributed by atoms with Gasteiger partial charge in [0.25, 0.3) is 5.91 Å². The van der Waals surface area contributed by atoms with Gasteiger partial charge in [-0.25, -0.2) is 9.97 Å². The van der Waals surface area contributed by atoms with Crippen molar-refractivity contribution in [3.8, 4) is 0 Å². The molecule has 2 aromatic heterocycles. The highest BCUT2D eigenvalue weighted by atomic mass is 16.2. The molecule has 1 saturated heterocycles. The summed E-state index contributed by atoms with van der Waals surface area (Å²) in [6.45, 7) is 5.53. The van der Waals surface area contributed by atoms with Gasteiger partial charge in [0.15, 0.2) is 0 Å². The number of hydrogen-bond donors (Lipinski definition) is 3. The number of hydrogen-bond acceptors (Lipinski definition) is 5. The molecule has 178 valence electrons. The van der Waals surface area contributed by atoms with Crippen LogP contribution < -0.4 is 15.5 Å². The smallest absolute Gasteiger partial charge is 0.255 e. The molecule has 3 N–H and O–H groups in total. The quantitative estimate of drug-likeness (QED) is 0.395. The zero-order valence-corrected chi connectivity index (χ0v) is 19.8. The Morgan fingerprint density at radius 3 is 2.51 bits per heavy atom. The Kier molecular flexibility index (Phi) is 6.18. The molecule has 0 unspecified atom stereocenters. The van der Waals surface area contributed by atoms with Gasteiger partial charge in [-0.3, -0.25) is 9.59 Å². The van der Waals surface area contributed by atoms with Crippen LogP contribution in [-0.2, 0) is 4.79 Å². The standard InChI is InChI=1S/C27H28N6O2/c1-17-6-8-21(9-7-17)31-27(35)20-4-3-5-22(14-20)32-26(34)19-10-12-33(13-11-19)25-23-18(2)15-28-24(23)29-16-30-25/h3-9,14-16,19H,10-13H2,1-2H3,(H,31,35)(H,32,34)(H,28,29,30). The summed E-state index contributed by atoms with van der Waals surface area (Å²) in [5.41, 5.74) is 4.92. The van der Waals surface area contributed by atoms with Gasteiger partial charge in [-0.1, -0.05) is 23.8 Å². The highest BCUT2D eigenvalue weighted by Crippen LogP contribution is 2.29. The fourth-order valence-electron chi connectivity index (χ4n) is 4.51. The fourth-order valence-corrected chi connectivity index (χ4v) is 4.51. The van der Waals surface area contributed by atoms with Crippen molar-refractivity contribution in [2.75, 3.05) is 28.6 Å². The Morgan fingerprint density at radius 2 is 1.74 bits per heavy atom. The normalized spacial score (nSPS) is 14.2. The summed E-state index contributed by atoms with van der Waals surface area (Å²) in [5.74, 6) is 0.585. The highest BCUT2D eigenvalue weighted by Gasteiger charge is 2.27. The van der Waals surface area contributed by atoms with E-state index >= 15 is 0 Å². The minimum atomic E-state index is -0.213. The van der Waals surface area contributed by atoms with Crippen molar-refractivity contribution in [1.82, 2.24) is 15.0 Å². The van der Waals surface area contributed by atoms with Crippen LogP contribution in [0.25, 0.3) is 11.0 Å². The van der Waals surface area contributed by atoms with Crippen LogP contribution in [-0.4, -0.2) is 39.9 Å². The lowest BCUT2D eigenvalue weighted by Gasteiger charge is -2.32. The number of benzene rings is 2. The number of anilines is 3. The predicted octanol–water partition coefficient (Wildman–Crippen LogP) is 4.68. The van der Waals surface area contributed by atoms with Crippen LogP contribution >= 0.6 is 0 Å². The number of aromatic amines is 1. The number of nitrogens with one attached hydrogen (secondary N) is 3. The molecule has 35 heavy (non-hydrogen) atoms. The molecule has 8 heteroatoms. The summed E-state index contributed by atoms with van der Waals surface area (Å²) in [6.07, 6.45) is 4.98. The van der Waals surface area contributed by atoms with E-state index in [0.717, 1.165) is 59.6 Å². The number of fused-ring (bicyclic) bond motifs is 1. The first-order valence-corrected chi connectivity index (χ1v) is 11.8. The second-order valence-corrected chi connectivity index (χ2v) is 9.04. The Labute approximate surface area is 203 Å². The molecule has 3 heterocycles. The fraction of sp³-hybridized carbons (Fsp3) is 0.259. The third-order valence-electron chi connectivity index (χ3n) is 6.51. The highest BCUT2D eigenvalue weighted by molar-refractivity contribution is 6.05. The maximum absolute atomic E-state index is 13.0. The van der Waals surface area contributed by atoms with Gasteiger partial charge in [-0.2, -0.15) is 0 Å². The summed E-state index contributed by atoms with van der Waals surface area (Å²) in [4.78, 5) is 39.9. The Hall–Kier alpha value is -4.20. The average Bonchev–Trinajstić information content (AvgIpc) is 3.26. The lowest BCUT2D eigenvalue weighted by molar-refractivity contribution is -0.120. The van der Waals surface area contributed by atoms with E-state index in [-0.39, 0.29) is 17.7 Å².